The normalized spacial score (nSPS) is 12.8. The second-order valence-electron chi connectivity index (χ2n) is 6.29. The van der Waals surface area contributed by atoms with E-state index in [9.17, 15) is 8.42 Å². The molecule has 2 N–H and O–H groups in total. The Hall–Kier alpha value is -0.170. The first-order valence-corrected chi connectivity index (χ1v) is 9.50. The van der Waals surface area contributed by atoms with E-state index in [-0.39, 0.29) is 12.1 Å². The summed E-state index contributed by atoms with van der Waals surface area (Å²) in [7, 11) is -4.30. The first-order chi connectivity index (χ1) is 9.77. The Kier molecular flexibility index (Phi) is 11.3. The van der Waals surface area contributed by atoms with Gasteiger partial charge in [-0.3, -0.25) is 4.55 Å². The molecular formula is C15H33NO4S. The molecule has 0 unspecified atom stereocenters. The van der Waals surface area contributed by atoms with E-state index in [0.717, 1.165) is 6.42 Å². The summed E-state index contributed by atoms with van der Waals surface area (Å²) in [6.07, 6.45) is 10.8. The van der Waals surface area contributed by atoms with Crippen molar-refractivity contribution in [3.63, 3.8) is 0 Å². The molecule has 0 aliphatic carbocycles. The summed E-state index contributed by atoms with van der Waals surface area (Å²) in [5, 5.41) is 3.40. The first kappa shape index (κ1) is 20.8. The number of rotatable bonds is 14. The maximum Gasteiger partial charge on any atom is 0.397 e. The van der Waals surface area contributed by atoms with Crippen molar-refractivity contribution < 1.29 is 17.2 Å². The van der Waals surface area contributed by atoms with E-state index < -0.39 is 10.4 Å². The van der Waals surface area contributed by atoms with Crippen LogP contribution in [0, 0.1) is 0 Å². The van der Waals surface area contributed by atoms with Crippen LogP contribution in [0.5, 0.6) is 0 Å². The lowest BCUT2D eigenvalue weighted by Crippen LogP contribution is -2.40. The van der Waals surface area contributed by atoms with Gasteiger partial charge in [0, 0.05) is 5.54 Å². The van der Waals surface area contributed by atoms with Crippen LogP contribution in [0.1, 0.15) is 78.6 Å². The molecule has 0 bridgehead atoms. The fourth-order valence-electron chi connectivity index (χ4n) is 2.28. The molecule has 0 saturated carbocycles. The van der Waals surface area contributed by atoms with Crippen molar-refractivity contribution in [2.24, 2.45) is 0 Å². The number of nitrogens with one attached hydrogen (secondary N) is 1. The van der Waals surface area contributed by atoms with Crippen LogP contribution >= 0.6 is 0 Å². The molecule has 0 spiro atoms. The molecule has 0 heterocycles. The third-order valence-corrected chi connectivity index (χ3v) is 4.03. The van der Waals surface area contributed by atoms with Gasteiger partial charge >= 0.3 is 10.4 Å². The minimum absolute atomic E-state index is 0.0132. The highest BCUT2D eigenvalue weighted by molar-refractivity contribution is 7.80. The third-order valence-electron chi connectivity index (χ3n) is 3.56. The average molecular weight is 323 g/mol. The lowest BCUT2D eigenvalue weighted by molar-refractivity contribution is 0.255. The summed E-state index contributed by atoms with van der Waals surface area (Å²) in [4.78, 5) is 0. The molecule has 21 heavy (non-hydrogen) atoms. The summed E-state index contributed by atoms with van der Waals surface area (Å²) in [5.41, 5.74) is 0.0571. The molecule has 0 amide bonds. The number of hydrogen-bond donors (Lipinski definition) is 2. The summed E-state index contributed by atoms with van der Waals surface area (Å²) in [5.74, 6) is 0. The zero-order valence-corrected chi connectivity index (χ0v) is 14.7. The third kappa shape index (κ3) is 16.0. The molecule has 128 valence electrons. The van der Waals surface area contributed by atoms with Gasteiger partial charge in [-0.25, -0.2) is 4.18 Å². The molecule has 0 fully saturated rings. The molecule has 0 aromatic heterocycles. The Balaban J connectivity index is 3.51. The van der Waals surface area contributed by atoms with Crippen molar-refractivity contribution in [3.8, 4) is 0 Å². The lowest BCUT2D eigenvalue weighted by atomic mass is 9.96. The molecular weight excluding hydrogens is 290 g/mol. The van der Waals surface area contributed by atoms with Crippen LogP contribution in [-0.2, 0) is 14.6 Å². The van der Waals surface area contributed by atoms with E-state index in [2.05, 4.69) is 30.3 Å². The molecule has 0 rings (SSSR count). The van der Waals surface area contributed by atoms with E-state index in [1.807, 2.05) is 0 Å². The quantitative estimate of drug-likeness (QED) is 0.376. The van der Waals surface area contributed by atoms with Gasteiger partial charge in [0.15, 0.2) is 0 Å². The molecule has 0 radical (unpaired) electrons. The summed E-state index contributed by atoms with van der Waals surface area (Å²) in [6.45, 7) is 7.25. The van der Waals surface area contributed by atoms with Crippen LogP contribution in [-0.4, -0.2) is 31.7 Å². The van der Waals surface area contributed by atoms with E-state index in [0.29, 0.717) is 13.0 Å². The van der Waals surface area contributed by atoms with Gasteiger partial charge in [0.25, 0.3) is 0 Å². The average Bonchev–Trinajstić information content (AvgIpc) is 2.35. The predicted molar refractivity (Wildman–Crippen MR) is 86.8 cm³/mol. The van der Waals surface area contributed by atoms with Gasteiger partial charge in [0.1, 0.15) is 0 Å². The van der Waals surface area contributed by atoms with Crippen LogP contribution in [0.4, 0.5) is 0 Å². The van der Waals surface area contributed by atoms with E-state index >= 15 is 0 Å². The van der Waals surface area contributed by atoms with Crippen LogP contribution in [0.15, 0.2) is 0 Å². The monoisotopic (exact) mass is 323 g/mol. The molecule has 0 atom stereocenters. The van der Waals surface area contributed by atoms with Crippen molar-refractivity contribution in [2.75, 3.05) is 13.2 Å². The van der Waals surface area contributed by atoms with Gasteiger partial charge in [0.05, 0.1) is 6.61 Å². The van der Waals surface area contributed by atoms with Crippen molar-refractivity contribution >= 4 is 10.4 Å². The zero-order valence-electron chi connectivity index (χ0n) is 13.9. The maximum absolute atomic E-state index is 10.4. The topological polar surface area (TPSA) is 75.6 Å². The van der Waals surface area contributed by atoms with E-state index in [1.165, 1.54) is 44.9 Å². The van der Waals surface area contributed by atoms with Crippen LogP contribution in [0.3, 0.4) is 0 Å². The minimum atomic E-state index is -4.30. The zero-order chi connectivity index (χ0) is 16.2. The predicted octanol–water partition coefficient (Wildman–Crippen LogP) is 3.70. The molecule has 0 aliphatic rings. The van der Waals surface area contributed by atoms with Gasteiger partial charge in [-0.05, 0) is 33.2 Å². The Morgan fingerprint density at radius 3 is 2.14 bits per heavy atom. The van der Waals surface area contributed by atoms with Gasteiger partial charge in [-0.1, -0.05) is 51.9 Å². The van der Waals surface area contributed by atoms with Gasteiger partial charge in [-0.2, -0.15) is 8.42 Å². The van der Waals surface area contributed by atoms with Crippen molar-refractivity contribution in [1.29, 1.82) is 0 Å². The highest BCUT2D eigenvalue weighted by Gasteiger charge is 2.15. The second-order valence-corrected chi connectivity index (χ2v) is 7.38. The molecule has 5 nitrogen and oxygen atoms in total. The van der Waals surface area contributed by atoms with Crippen molar-refractivity contribution in [3.05, 3.63) is 0 Å². The minimum Gasteiger partial charge on any atom is -0.312 e. The molecule has 0 aliphatic heterocycles. The molecule has 0 aromatic carbocycles. The summed E-state index contributed by atoms with van der Waals surface area (Å²) in [6, 6.07) is 0. The Labute approximate surface area is 130 Å². The lowest BCUT2D eigenvalue weighted by Gasteiger charge is -2.26. The van der Waals surface area contributed by atoms with Gasteiger partial charge in [-0.15, -0.1) is 0 Å². The maximum atomic E-state index is 10.4. The Morgan fingerprint density at radius 2 is 1.57 bits per heavy atom. The number of unbranched alkanes of at least 4 members (excludes halogenated alkanes) is 6. The van der Waals surface area contributed by atoms with Crippen LogP contribution in [0.25, 0.3) is 0 Å². The fraction of sp³-hybridized carbons (Fsp3) is 1.00. The smallest absolute Gasteiger partial charge is 0.312 e. The molecule has 0 saturated heterocycles. The van der Waals surface area contributed by atoms with Gasteiger partial charge in [0.2, 0.25) is 0 Å². The Bertz CT molecular complexity index is 342. The SMILES string of the molecule is CCCCCCCCCC(C)(C)NCCCOS(=O)(=O)O. The van der Waals surface area contributed by atoms with E-state index in [1.54, 1.807) is 0 Å². The fourth-order valence-corrected chi connectivity index (χ4v) is 2.60. The van der Waals surface area contributed by atoms with Crippen LogP contribution in [0.2, 0.25) is 0 Å². The summed E-state index contributed by atoms with van der Waals surface area (Å²) >= 11 is 0. The summed E-state index contributed by atoms with van der Waals surface area (Å²) < 4.78 is 33.4. The Morgan fingerprint density at radius 1 is 1.00 bits per heavy atom. The molecule has 0 aromatic rings. The highest BCUT2D eigenvalue weighted by atomic mass is 32.3. The number of hydrogen-bond acceptors (Lipinski definition) is 4. The van der Waals surface area contributed by atoms with Crippen molar-refractivity contribution in [2.45, 2.75) is 84.1 Å². The molecule has 6 heteroatoms. The first-order valence-electron chi connectivity index (χ1n) is 8.14. The van der Waals surface area contributed by atoms with Crippen molar-refractivity contribution in [1.82, 2.24) is 5.32 Å². The van der Waals surface area contributed by atoms with Gasteiger partial charge < -0.3 is 5.32 Å². The highest BCUT2D eigenvalue weighted by Crippen LogP contribution is 2.15. The second kappa shape index (κ2) is 11.4. The van der Waals surface area contributed by atoms with Crippen LogP contribution < -0.4 is 5.32 Å². The standard InChI is InChI=1S/C15H33NO4S/c1-4-5-6-7-8-9-10-12-15(2,3)16-13-11-14-20-21(17,18)19/h16H,4-14H2,1-3H3,(H,17,18,19). The van der Waals surface area contributed by atoms with E-state index in [4.69, 9.17) is 4.55 Å². The largest absolute Gasteiger partial charge is 0.397 e.